The van der Waals surface area contributed by atoms with Crippen LogP contribution in [0.25, 0.3) is 10.6 Å². The molecule has 0 bridgehead atoms. The monoisotopic (exact) mass is 336 g/mol. The van der Waals surface area contributed by atoms with Crippen LogP contribution in [-0.4, -0.2) is 16.4 Å². The van der Waals surface area contributed by atoms with Crippen molar-refractivity contribution in [2.45, 2.75) is 46.1 Å². The van der Waals surface area contributed by atoms with Gasteiger partial charge in [0, 0.05) is 11.1 Å². The molecule has 3 nitrogen and oxygen atoms in total. The number of carbonyl (C=O) groups is 1. The quantitative estimate of drug-likeness (QED) is 0.827. The van der Waals surface area contributed by atoms with Crippen LogP contribution >= 0.6 is 22.9 Å². The van der Waals surface area contributed by atoms with Crippen LogP contribution in [0, 0.1) is 6.92 Å². The molecule has 0 aliphatic rings. The minimum atomic E-state index is -0.215. The molecule has 1 heterocycles. The van der Waals surface area contributed by atoms with Gasteiger partial charge in [-0.2, -0.15) is 0 Å². The van der Waals surface area contributed by atoms with Gasteiger partial charge in [0.15, 0.2) is 0 Å². The first kappa shape index (κ1) is 17.0. The third kappa shape index (κ3) is 3.87. The number of hydrogen-bond acceptors (Lipinski definition) is 3. The number of amides is 1. The Morgan fingerprint density at radius 1 is 1.36 bits per heavy atom. The fraction of sp³-hybridized carbons (Fsp3) is 0.412. The molecule has 0 aliphatic heterocycles. The Balaban J connectivity index is 2.27. The molecule has 0 radical (unpaired) electrons. The number of carbonyl (C=O) groups excluding carboxylic acids is 1. The van der Waals surface area contributed by atoms with Crippen molar-refractivity contribution in [1.82, 2.24) is 10.3 Å². The minimum absolute atomic E-state index is 0.0632. The molecule has 118 valence electrons. The standard InChI is InChI=1S/C17H21ClN2OS/c1-5-10-17(3,4)20-15(21)14-11(2)19-16(22-14)12-8-6-7-9-13(12)18/h6-9H,5,10H2,1-4H3,(H,20,21). The van der Waals surface area contributed by atoms with Crippen molar-refractivity contribution >= 4 is 28.8 Å². The molecule has 22 heavy (non-hydrogen) atoms. The Labute approximate surface area is 140 Å². The van der Waals surface area contributed by atoms with Crippen LogP contribution in [0.2, 0.25) is 5.02 Å². The molecule has 1 aromatic carbocycles. The van der Waals surface area contributed by atoms with E-state index in [9.17, 15) is 4.79 Å². The van der Waals surface area contributed by atoms with Gasteiger partial charge in [0.05, 0.1) is 10.7 Å². The van der Waals surface area contributed by atoms with Crippen LogP contribution in [0.3, 0.4) is 0 Å². The molecule has 5 heteroatoms. The number of rotatable bonds is 5. The van der Waals surface area contributed by atoms with Crippen molar-refractivity contribution in [1.29, 1.82) is 0 Å². The molecule has 2 aromatic rings. The van der Waals surface area contributed by atoms with Crippen molar-refractivity contribution in [3.63, 3.8) is 0 Å². The molecule has 0 atom stereocenters. The van der Waals surface area contributed by atoms with E-state index in [4.69, 9.17) is 11.6 Å². The molecule has 0 fully saturated rings. The number of hydrogen-bond donors (Lipinski definition) is 1. The highest BCUT2D eigenvalue weighted by molar-refractivity contribution is 7.17. The smallest absolute Gasteiger partial charge is 0.263 e. The van der Waals surface area contributed by atoms with Gasteiger partial charge in [-0.15, -0.1) is 11.3 Å². The predicted molar refractivity (Wildman–Crippen MR) is 93.8 cm³/mol. The first-order chi connectivity index (χ1) is 10.3. The largest absolute Gasteiger partial charge is 0.346 e. The maximum absolute atomic E-state index is 12.5. The Hall–Kier alpha value is -1.39. The molecule has 1 N–H and O–H groups in total. The Morgan fingerprint density at radius 3 is 2.68 bits per heavy atom. The van der Waals surface area contributed by atoms with Crippen molar-refractivity contribution in [2.75, 3.05) is 0 Å². The second-order valence-corrected chi connectivity index (χ2v) is 7.41. The van der Waals surface area contributed by atoms with E-state index in [1.807, 2.05) is 45.0 Å². The van der Waals surface area contributed by atoms with Gasteiger partial charge in [0.25, 0.3) is 5.91 Å². The first-order valence-corrected chi connectivity index (χ1v) is 8.58. The lowest BCUT2D eigenvalue weighted by molar-refractivity contribution is 0.0912. The molecule has 2 rings (SSSR count). The van der Waals surface area contributed by atoms with Crippen LogP contribution in [0.1, 0.15) is 49.0 Å². The van der Waals surface area contributed by atoms with Gasteiger partial charge in [-0.1, -0.05) is 43.1 Å². The predicted octanol–water partition coefficient (Wildman–Crippen LogP) is 5.08. The van der Waals surface area contributed by atoms with Crippen LogP contribution in [-0.2, 0) is 0 Å². The van der Waals surface area contributed by atoms with Gasteiger partial charge in [0.2, 0.25) is 0 Å². The van der Waals surface area contributed by atoms with Crippen LogP contribution in [0.15, 0.2) is 24.3 Å². The summed E-state index contributed by atoms with van der Waals surface area (Å²) in [7, 11) is 0. The van der Waals surface area contributed by atoms with E-state index < -0.39 is 0 Å². The molecule has 0 aliphatic carbocycles. The van der Waals surface area contributed by atoms with Gasteiger partial charge < -0.3 is 5.32 Å². The van der Waals surface area contributed by atoms with Crippen molar-refractivity contribution in [2.24, 2.45) is 0 Å². The van der Waals surface area contributed by atoms with E-state index in [0.717, 1.165) is 29.1 Å². The summed E-state index contributed by atoms with van der Waals surface area (Å²) in [4.78, 5) is 17.7. The first-order valence-electron chi connectivity index (χ1n) is 7.39. The third-order valence-electron chi connectivity index (χ3n) is 3.43. The number of aryl methyl sites for hydroxylation is 1. The normalized spacial score (nSPS) is 11.5. The van der Waals surface area contributed by atoms with Gasteiger partial charge in [-0.3, -0.25) is 4.79 Å². The van der Waals surface area contributed by atoms with Crippen LogP contribution < -0.4 is 5.32 Å². The lowest BCUT2D eigenvalue weighted by Gasteiger charge is -2.25. The number of nitrogens with one attached hydrogen (secondary N) is 1. The van der Waals surface area contributed by atoms with E-state index in [-0.39, 0.29) is 11.4 Å². The number of aromatic nitrogens is 1. The van der Waals surface area contributed by atoms with Crippen molar-refractivity contribution in [3.8, 4) is 10.6 Å². The maximum Gasteiger partial charge on any atom is 0.263 e. The van der Waals surface area contributed by atoms with Crippen molar-refractivity contribution in [3.05, 3.63) is 39.9 Å². The zero-order valence-corrected chi connectivity index (χ0v) is 14.9. The topological polar surface area (TPSA) is 42.0 Å². The van der Waals surface area contributed by atoms with E-state index in [1.165, 1.54) is 11.3 Å². The van der Waals surface area contributed by atoms with Gasteiger partial charge in [0.1, 0.15) is 9.88 Å². The van der Waals surface area contributed by atoms with Crippen LogP contribution in [0.4, 0.5) is 0 Å². The Morgan fingerprint density at radius 2 is 2.05 bits per heavy atom. The molecular weight excluding hydrogens is 316 g/mol. The summed E-state index contributed by atoms with van der Waals surface area (Å²) in [6, 6.07) is 7.55. The maximum atomic E-state index is 12.5. The molecule has 0 saturated heterocycles. The van der Waals surface area contributed by atoms with E-state index >= 15 is 0 Å². The second-order valence-electron chi connectivity index (χ2n) is 6.00. The van der Waals surface area contributed by atoms with E-state index in [0.29, 0.717) is 9.90 Å². The summed E-state index contributed by atoms with van der Waals surface area (Å²) >= 11 is 7.60. The summed E-state index contributed by atoms with van der Waals surface area (Å²) in [6.07, 6.45) is 1.97. The molecular formula is C17H21ClN2OS. The summed E-state index contributed by atoms with van der Waals surface area (Å²) in [5.41, 5.74) is 1.39. The molecule has 0 unspecified atom stereocenters. The molecule has 1 aromatic heterocycles. The Kier molecular flexibility index (Phi) is 5.24. The number of halogens is 1. The fourth-order valence-corrected chi connectivity index (χ4v) is 3.69. The number of nitrogens with zero attached hydrogens (tertiary/aromatic N) is 1. The highest BCUT2D eigenvalue weighted by Gasteiger charge is 2.23. The highest BCUT2D eigenvalue weighted by Crippen LogP contribution is 2.32. The lowest BCUT2D eigenvalue weighted by Crippen LogP contribution is -2.43. The number of thiazole rings is 1. The van der Waals surface area contributed by atoms with Gasteiger partial charge in [-0.05, 0) is 33.3 Å². The van der Waals surface area contributed by atoms with E-state index in [1.54, 1.807) is 0 Å². The molecule has 0 spiro atoms. The third-order valence-corrected chi connectivity index (χ3v) is 4.95. The zero-order chi connectivity index (χ0) is 16.3. The minimum Gasteiger partial charge on any atom is -0.346 e. The molecule has 1 amide bonds. The number of benzene rings is 1. The van der Waals surface area contributed by atoms with Gasteiger partial charge >= 0.3 is 0 Å². The average Bonchev–Trinajstić information content (AvgIpc) is 2.80. The summed E-state index contributed by atoms with van der Waals surface area (Å²) in [5.74, 6) is -0.0632. The zero-order valence-electron chi connectivity index (χ0n) is 13.4. The second kappa shape index (κ2) is 6.80. The van der Waals surface area contributed by atoms with E-state index in [2.05, 4.69) is 17.2 Å². The van der Waals surface area contributed by atoms with Crippen LogP contribution in [0.5, 0.6) is 0 Å². The van der Waals surface area contributed by atoms with Crippen molar-refractivity contribution < 1.29 is 4.79 Å². The highest BCUT2D eigenvalue weighted by atomic mass is 35.5. The summed E-state index contributed by atoms with van der Waals surface area (Å²) in [6.45, 7) is 8.05. The Bertz CT molecular complexity index is 679. The van der Waals surface area contributed by atoms with Gasteiger partial charge in [-0.25, -0.2) is 4.98 Å². The molecule has 0 saturated carbocycles. The summed E-state index contributed by atoms with van der Waals surface area (Å²) < 4.78 is 0. The fourth-order valence-electron chi connectivity index (χ4n) is 2.41. The SMILES string of the molecule is CCCC(C)(C)NC(=O)c1sc(-c2ccccc2Cl)nc1C. The lowest BCUT2D eigenvalue weighted by atomic mass is 9.99. The average molecular weight is 337 g/mol. The summed E-state index contributed by atoms with van der Waals surface area (Å²) in [5, 5.41) is 4.52.